The van der Waals surface area contributed by atoms with Crippen LogP contribution < -0.4 is 10.0 Å². The van der Waals surface area contributed by atoms with Crippen LogP contribution in [0.15, 0.2) is 36.4 Å². The van der Waals surface area contributed by atoms with Crippen LogP contribution in [0.3, 0.4) is 0 Å². The highest BCUT2D eigenvalue weighted by Gasteiger charge is 2.13. The zero-order valence-electron chi connectivity index (χ0n) is 14.3. The molecule has 5 nitrogen and oxygen atoms in total. The van der Waals surface area contributed by atoms with E-state index in [4.69, 9.17) is 0 Å². The van der Waals surface area contributed by atoms with Crippen LogP contribution in [0.25, 0.3) is 0 Å². The lowest BCUT2D eigenvalue weighted by molar-refractivity contribution is 0.102. The first-order valence-electron chi connectivity index (χ1n) is 7.69. The maximum absolute atomic E-state index is 12.6. The summed E-state index contributed by atoms with van der Waals surface area (Å²) < 4.78 is 25.3. The summed E-state index contributed by atoms with van der Waals surface area (Å²) in [5.74, 6) is -0.268. The second kappa shape index (κ2) is 7.05. The molecule has 1 amide bonds. The molecule has 0 bridgehead atoms. The average molecular weight is 346 g/mol. The van der Waals surface area contributed by atoms with Crippen LogP contribution in [-0.2, 0) is 16.4 Å². The standard InChI is InChI=1S/C18H22N2O3S/c1-5-14-8-6-7-13(3)17(14)19-18(21)15-10-9-12(2)16(11-15)20-24(4,22)23/h6-11,20H,5H2,1-4H3,(H,19,21). The van der Waals surface area contributed by atoms with Crippen molar-refractivity contribution in [3.8, 4) is 0 Å². The number of hydrogen-bond acceptors (Lipinski definition) is 3. The molecular formula is C18H22N2O3S. The highest BCUT2D eigenvalue weighted by Crippen LogP contribution is 2.23. The van der Waals surface area contributed by atoms with Gasteiger partial charge in [-0.25, -0.2) is 8.42 Å². The topological polar surface area (TPSA) is 75.3 Å². The van der Waals surface area contributed by atoms with Crippen molar-refractivity contribution in [1.82, 2.24) is 0 Å². The van der Waals surface area contributed by atoms with Gasteiger partial charge in [0.15, 0.2) is 0 Å². The Hall–Kier alpha value is -2.34. The van der Waals surface area contributed by atoms with Gasteiger partial charge in [-0.3, -0.25) is 9.52 Å². The van der Waals surface area contributed by atoms with Crippen LogP contribution in [-0.4, -0.2) is 20.6 Å². The first kappa shape index (κ1) is 18.0. The molecule has 0 aliphatic heterocycles. The predicted molar refractivity (Wildman–Crippen MR) is 98.2 cm³/mol. The van der Waals surface area contributed by atoms with Crippen LogP contribution in [0, 0.1) is 13.8 Å². The monoisotopic (exact) mass is 346 g/mol. The number of aryl methyl sites for hydroxylation is 3. The van der Waals surface area contributed by atoms with Crippen LogP contribution in [0.2, 0.25) is 0 Å². The molecule has 0 aliphatic rings. The Bertz CT molecular complexity index is 874. The molecule has 2 rings (SSSR count). The van der Waals surface area contributed by atoms with E-state index in [9.17, 15) is 13.2 Å². The Labute approximate surface area is 143 Å². The van der Waals surface area contributed by atoms with E-state index in [-0.39, 0.29) is 5.91 Å². The normalized spacial score (nSPS) is 11.2. The van der Waals surface area contributed by atoms with Crippen LogP contribution in [0.1, 0.15) is 34.0 Å². The lowest BCUT2D eigenvalue weighted by Crippen LogP contribution is -2.16. The van der Waals surface area contributed by atoms with Gasteiger partial charge >= 0.3 is 0 Å². The van der Waals surface area contributed by atoms with Crippen LogP contribution >= 0.6 is 0 Å². The van der Waals surface area contributed by atoms with Crippen molar-refractivity contribution in [3.05, 3.63) is 58.7 Å². The first-order valence-corrected chi connectivity index (χ1v) is 9.58. The summed E-state index contributed by atoms with van der Waals surface area (Å²) in [4.78, 5) is 12.6. The molecule has 0 aliphatic carbocycles. The minimum absolute atomic E-state index is 0.268. The number of benzene rings is 2. The molecule has 6 heteroatoms. The second-order valence-corrected chi connectivity index (χ2v) is 7.57. The van der Waals surface area contributed by atoms with Crippen molar-refractivity contribution < 1.29 is 13.2 Å². The number of sulfonamides is 1. The molecule has 2 aromatic carbocycles. The highest BCUT2D eigenvalue weighted by molar-refractivity contribution is 7.92. The lowest BCUT2D eigenvalue weighted by Gasteiger charge is -2.14. The largest absolute Gasteiger partial charge is 0.321 e. The highest BCUT2D eigenvalue weighted by atomic mass is 32.2. The lowest BCUT2D eigenvalue weighted by atomic mass is 10.0. The van der Waals surface area contributed by atoms with Gasteiger partial charge in [-0.15, -0.1) is 0 Å². The Kier molecular flexibility index (Phi) is 5.29. The molecule has 0 spiro atoms. The molecule has 0 heterocycles. The van der Waals surface area contributed by atoms with Gasteiger partial charge < -0.3 is 5.32 Å². The molecule has 128 valence electrons. The Morgan fingerprint density at radius 2 is 1.79 bits per heavy atom. The van der Waals surface area contributed by atoms with E-state index in [2.05, 4.69) is 10.0 Å². The minimum Gasteiger partial charge on any atom is -0.321 e. The average Bonchev–Trinajstić information content (AvgIpc) is 2.50. The molecular weight excluding hydrogens is 324 g/mol. The van der Waals surface area contributed by atoms with E-state index in [1.165, 1.54) is 0 Å². The summed E-state index contributed by atoms with van der Waals surface area (Å²) in [5, 5.41) is 2.94. The van der Waals surface area contributed by atoms with Gasteiger partial charge in [0.1, 0.15) is 0 Å². The van der Waals surface area contributed by atoms with Crippen molar-refractivity contribution in [2.45, 2.75) is 27.2 Å². The summed E-state index contributed by atoms with van der Waals surface area (Å²) in [6.45, 7) is 5.76. The molecule has 0 saturated carbocycles. The third kappa shape index (κ3) is 4.35. The number of carbonyl (C=O) groups excluding carboxylic acids is 1. The maximum atomic E-state index is 12.6. The Balaban J connectivity index is 2.33. The summed E-state index contributed by atoms with van der Waals surface area (Å²) in [7, 11) is -3.40. The molecule has 2 aromatic rings. The van der Waals surface area contributed by atoms with E-state index >= 15 is 0 Å². The van der Waals surface area contributed by atoms with E-state index in [0.717, 1.165) is 35.1 Å². The molecule has 0 fully saturated rings. The van der Waals surface area contributed by atoms with Gasteiger partial charge in [0.05, 0.1) is 11.9 Å². The third-order valence-electron chi connectivity index (χ3n) is 3.77. The summed E-state index contributed by atoms with van der Waals surface area (Å²) in [6.07, 6.45) is 1.89. The fourth-order valence-corrected chi connectivity index (χ4v) is 3.08. The fraction of sp³-hybridized carbons (Fsp3) is 0.278. The van der Waals surface area contributed by atoms with Crippen molar-refractivity contribution in [2.75, 3.05) is 16.3 Å². The smallest absolute Gasteiger partial charge is 0.255 e. The molecule has 0 atom stereocenters. The van der Waals surface area contributed by atoms with Gasteiger partial charge in [0, 0.05) is 11.3 Å². The first-order chi connectivity index (χ1) is 11.2. The maximum Gasteiger partial charge on any atom is 0.255 e. The van der Waals surface area contributed by atoms with Gasteiger partial charge in [0.25, 0.3) is 5.91 Å². The zero-order chi connectivity index (χ0) is 17.9. The third-order valence-corrected chi connectivity index (χ3v) is 4.36. The number of hydrogen-bond donors (Lipinski definition) is 2. The fourth-order valence-electron chi connectivity index (χ4n) is 2.46. The molecule has 0 saturated heterocycles. The molecule has 2 N–H and O–H groups in total. The zero-order valence-corrected chi connectivity index (χ0v) is 15.1. The number of nitrogens with one attached hydrogen (secondary N) is 2. The van der Waals surface area contributed by atoms with Crippen molar-refractivity contribution in [1.29, 1.82) is 0 Å². The number of rotatable bonds is 5. The van der Waals surface area contributed by atoms with Crippen molar-refractivity contribution in [3.63, 3.8) is 0 Å². The van der Waals surface area contributed by atoms with Crippen LogP contribution in [0.5, 0.6) is 0 Å². The van der Waals surface area contributed by atoms with Crippen molar-refractivity contribution >= 4 is 27.3 Å². The number of para-hydroxylation sites is 1. The SMILES string of the molecule is CCc1cccc(C)c1NC(=O)c1ccc(C)c(NS(C)(=O)=O)c1. The van der Waals surface area contributed by atoms with Gasteiger partial charge in [0.2, 0.25) is 10.0 Å². The Morgan fingerprint density at radius 3 is 2.42 bits per heavy atom. The molecule has 0 radical (unpaired) electrons. The number of carbonyl (C=O) groups is 1. The molecule has 0 aromatic heterocycles. The minimum atomic E-state index is -3.40. The molecule has 24 heavy (non-hydrogen) atoms. The summed E-state index contributed by atoms with van der Waals surface area (Å²) >= 11 is 0. The van der Waals surface area contributed by atoms with E-state index in [1.807, 2.05) is 32.0 Å². The van der Waals surface area contributed by atoms with Gasteiger partial charge in [-0.05, 0) is 49.1 Å². The van der Waals surface area contributed by atoms with E-state index in [0.29, 0.717) is 11.3 Å². The molecule has 0 unspecified atom stereocenters. The van der Waals surface area contributed by atoms with E-state index < -0.39 is 10.0 Å². The van der Waals surface area contributed by atoms with Gasteiger partial charge in [-0.1, -0.05) is 31.2 Å². The number of anilines is 2. The predicted octanol–water partition coefficient (Wildman–Crippen LogP) is 3.49. The Morgan fingerprint density at radius 1 is 1.08 bits per heavy atom. The second-order valence-electron chi connectivity index (χ2n) is 5.82. The summed E-state index contributed by atoms with van der Waals surface area (Å²) in [6, 6.07) is 10.8. The number of amides is 1. The van der Waals surface area contributed by atoms with E-state index in [1.54, 1.807) is 25.1 Å². The van der Waals surface area contributed by atoms with Gasteiger partial charge in [-0.2, -0.15) is 0 Å². The quantitative estimate of drug-likeness (QED) is 0.870. The van der Waals surface area contributed by atoms with Crippen LogP contribution in [0.4, 0.5) is 11.4 Å². The summed E-state index contributed by atoms with van der Waals surface area (Å²) in [5.41, 5.74) is 4.42. The van der Waals surface area contributed by atoms with Crippen molar-refractivity contribution in [2.24, 2.45) is 0 Å².